The normalized spacial score (nSPS) is 11.4. The summed E-state index contributed by atoms with van der Waals surface area (Å²) in [7, 11) is 0. The van der Waals surface area contributed by atoms with E-state index in [4.69, 9.17) is 6.57 Å². The number of aryl methyl sites for hydroxylation is 2. The molecule has 0 saturated carbocycles. The van der Waals surface area contributed by atoms with Crippen LogP contribution in [0.1, 0.15) is 11.5 Å². The van der Waals surface area contributed by atoms with Crippen molar-refractivity contribution in [3.05, 3.63) is 47.6 Å². The molecule has 4 rings (SSSR count). The van der Waals surface area contributed by atoms with Crippen LogP contribution in [-0.2, 0) is 0 Å². The van der Waals surface area contributed by atoms with E-state index in [1.54, 1.807) is 25.4 Å². The van der Waals surface area contributed by atoms with Gasteiger partial charge >= 0.3 is 0 Å². The van der Waals surface area contributed by atoms with Crippen molar-refractivity contribution in [1.29, 1.82) is 0 Å². The van der Waals surface area contributed by atoms with Crippen LogP contribution in [0.2, 0.25) is 0 Å². The number of aromatic amines is 1. The molecule has 0 spiro atoms. The van der Waals surface area contributed by atoms with E-state index in [1.807, 2.05) is 6.92 Å². The first-order valence-corrected chi connectivity index (χ1v) is 7.24. The highest BCUT2D eigenvalue weighted by Gasteiger charge is 2.16. The number of H-pyrrole nitrogens is 1. The van der Waals surface area contributed by atoms with Crippen molar-refractivity contribution in [2.45, 2.75) is 13.8 Å². The highest BCUT2D eigenvalue weighted by atomic mass is 15.5. The standard InChI is InChI=1S/C14H11N11/c1-8-11(13-19-9(2)23-25(13)22-8)20-21-12-10(15-3)7-18-24(12)14-16-5-4-6-17-14/h4-7,22H,1-2H3. The van der Waals surface area contributed by atoms with Gasteiger partial charge in [-0.3, -0.25) is 5.10 Å². The second-order valence-electron chi connectivity index (χ2n) is 5.11. The molecule has 11 heteroatoms. The van der Waals surface area contributed by atoms with Crippen LogP contribution in [0.3, 0.4) is 0 Å². The van der Waals surface area contributed by atoms with Crippen molar-refractivity contribution < 1.29 is 0 Å². The first-order chi connectivity index (χ1) is 12.2. The summed E-state index contributed by atoms with van der Waals surface area (Å²) in [5.41, 5.74) is 2.10. The molecule has 0 saturated heterocycles. The van der Waals surface area contributed by atoms with Gasteiger partial charge in [-0.15, -0.1) is 15.3 Å². The summed E-state index contributed by atoms with van der Waals surface area (Å²) in [6.07, 6.45) is 4.57. The van der Waals surface area contributed by atoms with Crippen LogP contribution in [0.4, 0.5) is 17.2 Å². The van der Waals surface area contributed by atoms with Crippen LogP contribution < -0.4 is 0 Å². The number of nitrogens with one attached hydrogen (secondary N) is 1. The zero-order valence-corrected chi connectivity index (χ0v) is 13.3. The Balaban J connectivity index is 1.82. The molecule has 0 atom stereocenters. The molecule has 11 nitrogen and oxygen atoms in total. The maximum atomic E-state index is 7.29. The Bertz CT molecular complexity index is 1120. The smallest absolute Gasteiger partial charge is 0.252 e. The van der Waals surface area contributed by atoms with E-state index in [-0.39, 0.29) is 11.5 Å². The molecule has 0 fully saturated rings. The van der Waals surface area contributed by atoms with Gasteiger partial charge in [0.1, 0.15) is 5.82 Å². The van der Waals surface area contributed by atoms with E-state index in [2.05, 4.69) is 45.3 Å². The minimum atomic E-state index is 0.246. The van der Waals surface area contributed by atoms with Gasteiger partial charge in [0.25, 0.3) is 11.6 Å². The summed E-state index contributed by atoms with van der Waals surface area (Å²) in [5, 5.41) is 19.8. The second kappa shape index (κ2) is 5.60. The molecule has 25 heavy (non-hydrogen) atoms. The Morgan fingerprint density at radius 3 is 2.76 bits per heavy atom. The molecular weight excluding hydrogens is 322 g/mol. The van der Waals surface area contributed by atoms with E-state index in [1.165, 1.54) is 15.5 Å². The van der Waals surface area contributed by atoms with Crippen molar-refractivity contribution in [2.24, 2.45) is 10.2 Å². The van der Waals surface area contributed by atoms with Crippen molar-refractivity contribution >= 4 is 22.8 Å². The molecule has 0 aliphatic rings. The summed E-state index contributed by atoms with van der Waals surface area (Å²) in [5.74, 6) is 1.17. The molecule has 0 aromatic carbocycles. The summed E-state index contributed by atoms with van der Waals surface area (Å²) in [4.78, 5) is 16.0. The second-order valence-corrected chi connectivity index (χ2v) is 5.11. The third kappa shape index (κ3) is 2.41. The average molecular weight is 333 g/mol. The molecule has 122 valence electrons. The minimum Gasteiger partial charge on any atom is -0.278 e. The number of aromatic nitrogens is 8. The van der Waals surface area contributed by atoms with Gasteiger partial charge in [0.2, 0.25) is 5.65 Å². The van der Waals surface area contributed by atoms with E-state index < -0.39 is 0 Å². The largest absolute Gasteiger partial charge is 0.278 e. The maximum Gasteiger partial charge on any atom is 0.252 e. The summed E-state index contributed by atoms with van der Waals surface area (Å²) in [6, 6.07) is 1.69. The highest BCUT2D eigenvalue weighted by Crippen LogP contribution is 2.32. The number of hydrogen-bond donors (Lipinski definition) is 1. The summed E-state index contributed by atoms with van der Waals surface area (Å²) >= 11 is 0. The number of fused-ring (bicyclic) bond motifs is 1. The predicted octanol–water partition coefficient (Wildman–Crippen LogP) is 2.62. The van der Waals surface area contributed by atoms with Gasteiger partial charge in [-0.1, -0.05) is 0 Å². The molecule has 4 heterocycles. The number of azo groups is 1. The molecule has 1 N–H and O–H groups in total. The maximum absolute atomic E-state index is 7.29. The number of hydrogen-bond acceptors (Lipinski definition) is 7. The Kier molecular flexibility index (Phi) is 3.28. The van der Waals surface area contributed by atoms with Gasteiger partial charge in [-0.2, -0.15) is 14.4 Å². The lowest BCUT2D eigenvalue weighted by atomic mass is 10.4. The topological polar surface area (TPSA) is 119 Å². The van der Waals surface area contributed by atoms with Crippen molar-refractivity contribution in [1.82, 2.24) is 39.6 Å². The first-order valence-electron chi connectivity index (χ1n) is 7.24. The third-order valence-corrected chi connectivity index (χ3v) is 3.39. The number of rotatable bonds is 3. The molecule has 4 aromatic heterocycles. The molecular formula is C14H11N11. The van der Waals surface area contributed by atoms with Crippen molar-refractivity contribution in [3.8, 4) is 5.95 Å². The van der Waals surface area contributed by atoms with Crippen molar-refractivity contribution in [2.75, 3.05) is 0 Å². The zero-order valence-electron chi connectivity index (χ0n) is 13.3. The van der Waals surface area contributed by atoms with Crippen molar-refractivity contribution in [3.63, 3.8) is 0 Å². The molecule has 0 unspecified atom stereocenters. The van der Waals surface area contributed by atoms with Crippen LogP contribution in [-0.4, -0.2) is 39.6 Å². The van der Waals surface area contributed by atoms with Gasteiger partial charge in [0.15, 0.2) is 11.5 Å². The van der Waals surface area contributed by atoms with E-state index >= 15 is 0 Å². The zero-order chi connectivity index (χ0) is 17.4. The van der Waals surface area contributed by atoms with Gasteiger partial charge in [0, 0.05) is 12.4 Å². The van der Waals surface area contributed by atoms with E-state index in [0.29, 0.717) is 23.1 Å². The van der Waals surface area contributed by atoms with Crippen LogP contribution in [0.15, 0.2) is 34.9 Å². The molecule has 0 aliphatic carbocycles. The van der Waals surface area contributed by atoms with Crippen LogP contribution in [0.5, 0.6) is 0 Å². The van der Waals surface area contributed by atoms with Crippen LogP contribution in [0, 0.1) is 20.4 Å². The lowest BCUT2D eigenvalue weighted by molar-refractivity contribution is 0.793. The van der Waals surface area contributed by atoms with Gasteiger partial charge < -0.3 is 0 Å². The molecule has 0 amide bonds. The first kappa shape index (κ1) is 14.6. The van der Waals surface area contributed by atoms with Gasteiger partial charge in [-0.25, -0.2) is 19.8 Å². The van der Waals surface area contributed by atoms with Crippen LogP contribution in [0.25, 0.3) is 16.4 Å². The lowest BCUT2D eigenvalue weighted by Crippen LogP contribution is -2.00. The van der Waals surface area contributed by atoms with Gasteiger partial charge in [-0.05, 0) is 19.9 Å². The molecule has 0 bridgehead atoms. The monoisotopic (exact) mass is 333 g/mol. The summed E-state index contributed by atoms with van der Waals surface area (Å²) in [6.45, 7) is 10.9. The Hall–Kier alpha value is -3.94. The van der Waals surface area contributed by atoms with Crippen LogP contribution >= 0.6 is 0 Å². The van der Waals surface area contributed by atoms with E-state index in [9.17, 15) is 0 Å². The molecule has 0 aliphatic heterocycles. The highest BCUT2D eigenvalue weighted by molar-refractivity contribution is 5.67. The molecule has 0 radical (unpaired) electrons. The quantitative estimate of drug-likeness (QED) is 0.456. The predicted molar refractivity (Wildman–Crippen MR) is 86.4 cm³/mol. The Morgan fingerprint density at radius 2 is 2.00 bits per heavy atom. The van der Waals surface area contributed by atoms with E-state index in [0.717, 1.165) is 5.69 Å². The number of nitrogens with zero attached hydrogens (tertiary/aromatic N) is 10. The average Bonchev–Trinajstić information content (AvgIpc) is 3.26. The Morgan fingerprint density at radius 1 is 1.20 bits per heavy atom. The fourth-order valence-corrected chi connectivity index (χ4v) is 2.30. The summed E-state index contributed by atoms with van der Waals surface area (Å²) < 4.78 is 2.90. The fourth-order valence-electron chi connectivity index (χ4n) is 2.30. The lowest BCUT2D eigenvalue weighted by Gasteiger charge is -2.00. The SMILES string of the molecule is [C-]#[N+]c1cnn(-c2ncccn2)c1N=Nc1c(C)[nH]n2nc(C)nc12. The van der Waals surface area contributed by atoms with Gasteiger partial charge in [0.05, 0.1) is 18.5 Å². The minimum absolute atomic E-state index is 0.246. The Labute approximate surface area is 140 Å². The molecule has 4 aromatic rings. The fraction of sp³-hybridized carbons (Fsp3) is 0.143. The third-order valence-electron chi connectivity index (χ3n) is 3.39.